The number of carbonyl (C=O) groups excluding carboxylic acids is 4. The van der Waals surface area contributed by atoms with Gasteiger partial charge in [0.1, 0.15) is 13.2 Å². The van der Waals surface area contributed by atoms with E-state index in [4.69, 9.17) is 36.5 Å². The molecule has 1 N–H and O–H groups in total. The largest absolute Gasteiger partial charge is 0.511 e. The molecule has 1 aliphatic rings. The first-order chi connectivity index (χ1) is 24.7. The molecule has 1 aromatic carbocycles. The molecule has 280 valence electrons. The maximum Gasteiger partial charge on any atom is 0.511 e. The number of ether oxygens (including phenoxy) is 5. The van der Waals surface area contributed by atoms with Crippen molar-refractivity contribution in [1.29, 1.82) is 0 Å². The molecule has 0 bridgehead atoms. The molecule has 1 aromatic rings. The number of esters is 3. The summed E-state index contributed by atoms with van der Waals surface area (Å²) in [6.45, 7) is 0.636. The topological polar surface area (TPSA) is 135 Å². The number of hydrogen-bond donors (Lipinski definition) is 1. The lowest BCUT2D eigenvalue weighted by molar-refractivity contribution is -0.172. The van der Waals surface area contributed by atoms with E-state index in [2.05, 4.69) is 36.1 Å². The number of terminal acetylenes is 2. The molecule has 1 fully saturated rings. The van der Waals surface area contributed by atoms with Gasteiger partial charge in [0.05, 0.1) is 6.10 Å². The summed E-state index contributed by atoms with van der Waals surface area (Å²) < 4.78 is 25.7. The fourth-order valence-electron chi connectivity index (χ4n) is 5.96. The normalized spacial score (nSPS) is 16.5. The maximum atomic E-state index is 12.4. The summed E-state index contributed by atoms with van der Waals surface area (Å²) in [6.07, 6.45) is 22.4. The van der Waals surface area contributed by atoms with Crippen LogP contribution in [0.2, 0.25) is 0 Å². The van der Waals surface area contributed by atoms with Crippen molar-refractivity contribution in [3.8, 4) is 24.7 Å². The lowest BCUT2D eigenvalue weighted by Gasteiger charge is -2.20. The Morgan fingerprint density at radius 2 is 1.45 bits per heavy atom. The first kappa shape index (κ1) is 42.9. The predicted octanol–water partition coefficient (Wildman–Crippen LogP) is 7.40. The molecule has 4 atom stereocenters. The zero-order valence-corrected chi connectivity index (χ0v) is 30.1. The second kappa shape index (κ2) is 26.5. The molecule has 0 radical (unpaired) electrons. The Balaban J connectivity index is 1.65. The molecule has 0 aliphatic heterocycles. The van der Waals surface area contributed by atoms with Crippen LogP contribution in [0.5, 0.6) is 0 Å². The first-order valence-electron chi connectivity index (χ1n) is 18.3. The zero-order valence-electron chi connectivity index (χ0n) is 30.1. The molecule has 1 aliphatic carbocycles. The van der Waals surface area contributed by atoms with Gasteiger partial charge in [0, 0.05) is 39.0 Å². The number of benzene rings is 1. The molecule has 0 heterocycles. The van der Waals surface area contributed by atoms with Gasteiger partial charge in [-0.2, -0.15) is 0 Å². The van der Waals surface area contributed by atoms with Gasteiger partial charge in [0.25, 0.3) is 0 Å². The average Bonchev–Trinajstić information content (AvgIpc) is 3.56. The monoisotopic (exact) mass is 708 g/mol. The SMILES string of the molecule is C#CCCCC(=O)OCC(COC(=O)CCCC#C)OC(=O)OC(C)OC(=O)CCC/C=C\C[C@H]1CCC[C@@H]1CC[C@@H](O)CCc1ccccc1. The van der Waals surface area contributed by atoms with Crippen LogP contribution in [0, 0.1) is 36.5 Å². The fourth-order valence-corrected chi connectivity index (χ4v) is 5.96. The third-order valence-electron chi connectivity index (χ3n) is 8.74. The van der Waals surface area contributed by atoms with Crippen molar-refractivity contribution in [3.05, 3.63) is 48.0 Å². The molecule has 51 heavy (non-hydrogen) atoms. The van der Waals surface area contributed by atoms with Crippen molar-refractivity contribution in [3.63, 3.8) is 0 Å². The molecular formula is C41H56O10. The molecule has 2 rings (SSSR count). The second-order valence-electron chi connectivity index (χ2n) is 13.0. The van der Waals surface area contributed by atoms with Crippen LogP contribution in [-0.2, 0) is 44.5 Å². The van der Waals surface area contributed by atoms with Crippen LogP contribution in [0.3, 0.4) is 0 Å². The molecular weight excluding hydrogens is 652 g/mol. The molecule has 10 nitrogen and oxygen atoms in total. The van der Waals surface area contributed by atoms with Crippen LogP contribution in [-0.4, -0.2) is 60.9 Å². The molecule has 0 saturated heterocycles. The number of hydrogen-bond acceptors (Lipinski definition) is 10. The van der Waals surface area contributed by atoms with Crippen LogP contribution in [0.15, 0.2) is 42.5 Å². The fraction of sp³-hybridized carbons (Fsp3) is 0.610. The van der Waals surface area contributed by atoms with E-state index >= 15 is 0 Å². The summed E-state index contributed by atoms with van der Waals surface area (Å²) in [6, 6.07) is 10.3. The smallest absolute Gasteiger partial charge is 0.462 e. The van der Waals surface area contributed by atoms with Crippen LogP contribution in [0.25, 0.3) is 0 Å². The van der Waals surface area contributed by atoms with Gasteiger partial charge in [0.15, 0.2) is 6.10 Å². The van der Waals surface area contributed by atoms with E-state index in [0.717, 1.165) is 32.1 Å². The van der Waals surface area contributed by atoms with Gasteiger partial charge in [0.2, 0.25) is 6.29 Å². The van der Waals surface area contributed by atoms with E-state index in [1.807, 2.05) is 18.2 Å². The summed E-state index contributed by atoms with van der Waals surface area (Å²) in [4.78, 5) is 48.7. The van der Waals surface area contributed by atoms with E-state index in [0.29, 0.717) is 50.4 Å². The molecule has 0 aromatic heterocycles. The van der Waals surface area contributed by atoms with Gasteiger partial charge < -0.3 is 28.8 Å². The standard InChI is InChI=1S/C41H56O10/c1-4-6-11-23-38(43)47-30-37(31-48-39(44)24-12-7-5-2)51-41(46)50-32(3)49-40(45)25-16-9-8-15-20-34-21-17-22-35(34)27-29-36(42)28-26-33-18-13-10-14-19-33/h1-2,8,10,13-15,18-19,32,34-37,42H,6-7,9,11-12,16-17,20-31H2,3H3/b15-8-/t32?,34-,35+,36-/m0/s1. The summed E-state index contributed by atoms with van der Waals surface area (Å²) in [5.74, 6) is 4.51. The number of aliphatic hydroxyl groups excluding tert-OH is 1. The van der Waals surface area contributed by atoms with E-state index in [1.165, 1.54) is 31.7 Å². The number of carbonyl (C=O) groups is 4. The highest BCUT2D eigenvalue weighted by molar-refractivity contribution is 5.70. The van der Waals surface area contributed by atoms with Gasteiger partial charge in [-0.3, -0.25) is 14.4 Å². The van der Waals surface area contributed by atoms with Crippen molar-refractivity contribution in [1.82, 2.24) is 0 Å². The second-order valence-corrected chi connectivity index (χ2v) is 13.0. The van der Waals surface area contributed by atoms with E-state index < -0.39 is 36.5 Å². The van der Waals surface area contributed by atoms with E-state index in [9.17, 15) is 24.3 Å². The van der Waals surface area contributed by atoms with Crippen molar-refractivity contribution in [2.45, 2.75) is 135 Å². The van der Waals surface area contributed by atoms with Crippen LogP contribution < -0.4 is 0 Å². The summed E-state index contributed by atoms with van der Waals surface area (Å²) in [5, 5.41) is 10.5. The van der Waals surface area contributed by atoms with Crippen molar-refractivity contribution in [2.24, 2.45) is 11.8 Å². The maximum absolute atomic E-state index is 12.4. The molecule has 1 unspecified atom stereocenters. The van der Waals surface area contributed by atoms with Crippen molar-refractivity contribution in [2.75, 3.05) is 13.2 Å². The Kier molecular flexibility index (Phi) is 22.3. The number of aliphatic hydroxyl groups is 1. The Labute approximate surface area is 304 Å². The van der Waals surface area contributed by atoms with E-state index in [-0.39, 0.29) is 38.6 Å². The first-order valence-corrected chi connectivity index (χ1v) is 18.3. The predicted molar refractivity (Wildman–Crippen MR) is 193 cm³/mol. The van der Waals surface area contributed by atoms with Gasteiger partial charge in [-0.15, -0.1) is 24.7 Å². The molecule has 10 heteroatoms. The van der Waals surface area contributed by atoms with Crippen molar-refractivity contribution < 1.29 is 48.0 Å². The van der Waals surface area contributed by atoms with Crippen LogP contribution in [0.4, 0.5) is 4.79 Å². The zero-order chi connectivity index (χ0) is 37.1. The molecule has 1 saturated carbocycles. The Morgan fingerprint density at radius 1 is 0.824 bits per heavy atom. The van der Waals surface area contributed by atoms with Crippen molar-refractivity contribution >= 4 is 24.1 Å². The highest BCUT2D eigenvalue weighted by Crippen LogP contribution is 2.37. The molecule has 0 spiro atoms. The van der Waals surface area contributed by atoms with Gasteiger partial charge >= 0.3 is 24.1 Å². The molecule has 0 amide bonds. The average molecular weight is 709 g/mol. The van der Waals surface area contributed by atoms with Crippen LogP contribution >= 0.6 is 0 Å². The van der Waals surface area contributed by atoms with Gasteiger partial charge in [-0.25, -0.2) is 4.79 Å². The van der Waals surface area contributed by atoms with Crippen LogP contribution in [0.1, 0.15) is 115 Å². The van der Waals surface area contributed by atoms with Gasteiger partial charge in [-0.05, 0) is 81.6 Å². The number of allylic oxidation sites excluding steroid dienone is 2. The lowest BCUT2D eigenvalue weighted by Crippen LogP contribution is -2.32. The number of rotatable bonds is 25. The summed E-state index contributed by atoms with van der Waals surface area (Å²) >= 11 is 0. The highest BCUT2D eigenvalue weighted by atomic mass is 16.8. The quantitative estimate of drug-likeness (QED) is 0.0274. The minimum atomic E-state index is -1.23. The Hall–Kier alpha value is -4.28. The summed E-state index contributed by atoms with van der Waals surface area (Å²) in [5.41, 5.74) is 1.26. The Morgan fingerprint density at radius 3 is 2.10 bits per heavy atom. The minimum absolute atomic E-state index is 0.0823. The Bertz CT molecular complexity index is 1240. The third-order valence-corrected chi connectivity index (χ3v) is 8.74. The lowest BCUT2D eigenvalue weighted by atomic mass is 9.87. The number of unbranched alkanes of at least 4 members (excludes halogenated alkanes) is 3. The third kappa shape index (κ3) is 20.9. The van der Waals surface area contributed by atoms with Gasteiger partial charge in [-0.1, -0.05) is 55.3 Å². The highest BCUT2D eigenvalue weighted by Gasteiger charge is 2.27. The van der Waals surface area contributed by atoms with E-state index in [1.54, 1.807) is 0 Å². The number of aryl methyl sites for hydroxylation is 1. The summed E-state index contributed by atoms with van der Waals surface area (Å²) in [7, 11) is 0. The minimum Gasteiger partial charge on any atom is -0.462 e.